The lowest BCUT2D eigenvalue weighted by molar-refractivity contribution is -0.131. The highest BCUT2D eigenvalue weighted by Crippen LogP contribution is 2.25. The lowest BCUT2D eigenvalue weighted by Gasteiger charge is -2.32. The van der Waals surface area contributed by atoms with Crippen LogP contribution in [0.3, 0.4) is 0 Å². The number of aromatic nitrogens is 2. The Morgan fingerprint density at radius 1 is 1.45 bits per heavy atom. The van der Waals surface area contributed by atoms with Crippen LogP contribution < -0.4 is 5.69 Å². The van der Waals surface area contributed by atoms with Crippen molar-refractivity contribution in [1.82, 2.24) is 14.9 Å². The Kier molecular flexibility index (Phi) is 4.38. The predicted molar refractivity (Wildman–Crippen MR) is 86.2 cm³/mol. The number of nitrogens with one attached hydrogen (secondary N) is 1. The Balaban J connectivity index is 1.67. The van der Waals surface area contributed by atoms with Crippen LogP contribution in [0.4, 0.5) is 0 Å². The second-order valence-corrected chi connectivity index (χ2v) is 7.07. The summed E-state index contributed by atoms with van der Waals surface area (Å²) < 4.78 is 0. The van der Waals surface area contributed by atoms with E-state index in [4.69, 9.17) is 0 Å². The molecule has 0 radical (unpaired) electrons. The Morgan fingerprint density at radius 2 is 2.32 bits per heavy atom. The van der Waals surface area contributed by atoms with E-state index in [-0.39, 0.29) is 17.5 Å². The van der Waals surface area contributed by atoms with Gasteiger partial charge < -0.3 is 9.88 Å². The van der Waals surface area contributed by atoms with E-state index in [0.717, 1.165) is 30.0 Å². The first-order chi connectivity index (χ1) is 10.6. The van der Waals surface area contributed by atoms with E-state index in [1.165, 1.54) is 11.1 Å². The maximum atomic E-state index is 12.5. The molecule has 0 unspecified atom stereocenters. The summed E-state index contributed by atoms with van der Waals surface area (Å²) in [5, 5.41) is 0. The fraction of sp³-hybridized carbons (Fsp3) is 0.438. The van der Waals surface area contributed by atoms with E-state index in [1.54, 1.807) is 11.3 Å². The Hall–Kier alpha value is -1.95. The average molecular weight is 317 g/mol. The van der Waals surface area contributed by atoms with Crippen LogP contribution >= 0.6 is 11.3 Å². The van der Waals surface area contributed by atoms with Crippen molar-refractivity contribution in [3.05, 3.63) is 50.3 Å². The minimum absolute atomic E-state index is 0.169. The van der Waals surface area contributed by atoms with Crippen molar-refractivity contribution >= 4 is 17.2 Å². The van der Waals surface area contributed by atoms with Gasteiger partial charge in [-0.2, -0.15) is 0 Å². The highest BCUT2D eigenvalue weighted by atomic mass is 32.1. The number of rotatable bonds is 3. The summed E-state index contributed by atoms with van der Waals surface area (Å²) in [5.41, 5.74) is 0.555. The number of carbonyl (C=O) groups is 1. The lowest BCUT2D eigenvalue weighted by Crippen LogP contribution is -2.40. The van der Waals surface area contributed by atoms with Gasteiger partial charge in [-0.15, -0.1) is 11.3 Å². The molecule has 3 heterocycles. The number of carbonyl (C=O) groups excluding carboxylic acids is 1. The first-order valence-electron chi connectivity index (χ1n) is 7.50. The standard InChI is InChI=1S/C16H19N3O2S/c1-11-4-5-13(22-11)9-15(20)19-8-2-3-12(10-19)14-6-7-17-16(21)18-14/h4-7,12H,2-3,8-10H2,1H3,(H,17,18,21)/t12-/m1/s1. The van der Waals surface area contributed by atoms with Gasteiger partial charge in [0.1, 0.15) is 0 Å². The van der Waals surface area contributed by atoms with Gasteiger partial charge in [-0.05, 0) is 38.0 Å². The molecule has 3 rings (SSSR count). The molecule has 1 fully saturated rings. The quantitative estimate of drug-likeness (QED) is 0.942. The molecule has 5 nitrogen and oxygen atoms in total. The van der Waals surface area contributed by atoms with Gasteiger partial charge >= 0.3 is 5.69 Å². The summed E-state index contributed by atoms with van der Waals surface area (Å²) in [7, 11) is 0. The molecule has 2 aromatic rings. The highest BCUT2D eigenvalue weighted by molar-refractivity contribution is 7.12. The molecule has 1 atom stereocenters. The normalized spacial score (nSPS) is 18.4. The molecule has 1 aliphatic heterocycles. The number of piperidine rings is 1. The molecule has 1 N–H and O–H groups in total. The maximum Gasteiger partial charge on any atom is 0.345 e. The zero-order valence-corrected chi connectivity index (χ0v) is 13.4. The van der Waals surface area contributed by atoms with Crippen molar-refractivity contribution in [2.24, 2.45) is 0 Å². The number of H-pyrrole nitrogens is 1. The van der Waals surface area contributed by atoms with Crippen LogP contribution in [0, 0.1) is 6.92 Å². The minimum Gasteiger partial charge on any atom is -0.342 e. The number of aryl methyl sites for hydroxylation is 1. The van der Waals surface area contributed by atoms with Crippen LogP contribution in [0.25, 0.3) is 0 Å². The fourth-order valence-corrected chi connectivity index (χ4v) is 3.80. The zero-order valence-electron chi connectivity index (χ0n) is 12.5. The van der Waals surface area contributed by atoms with E-state index in [9.17, 15) is 9.59 Å². The van der Waals surface area contributed by atoms with Gasteiger partial charge in [-0.25, -0.2) is 9.78 Å². The fourth-order valence-electron chi connectivity index (χ4n) is 2.92. The van der Waals surface area contributed by atoms with Gasteiger partial charge in [0, 0.05) is 40.7 Å². The Bertz CT molecular complexity index is 722. The number of nitrogens with zero attached hydrogens (tertiary/aromatic N) is 2. The first kappa shape index (κ1) is 15.0. The minimum atomic E-state index is -0.324. The van der Waals surface area contributed by atoms with Crippen molar-refractivity contribution in [3.8, 4) is 0 Å². The third-order valence-corrected chi connectivity index (χ3v) is 5.03. The van der Waals surface area contributed by atoms with Crippen LogP contribution in [-0.2, 0) is 11.2 Å². The monoisotopic (exact) mass is 317 g/mol. The number of hydrogen-bond acceptors (Lipinski definition) is 4. The number of likely N-dealkylation sites (tertiary alicyclic amines) is 1. The van der Waals surface area contributed by atoms with Crippen molar-refractivity contribution in [2.45, 2.75) is 32.1 Å². The molecule has 2 aromatic heterocycles. The van der Waals surface area contributed by atoms with Crippen LogP contribution in [0.15, 0.2) is 29.2 Å². The predicted octanol–water partition coefficient (Wildman–Crippen LogP) is 2.09. The molecule has 0 saturated carbocycles. The van der Waals surface area contributed by atoms with Crippen LogP contribution in [0.5, 0.6) is 0 Å². The SMILES string of the molecule is Cc1ccc(CC(=O)N2CCC[C@@H](c3ccnc(=O)[nH]3)C2)s1. The van der Waals surface area contributed by atoms with Gasteiger partial charge in [0.2, 0.25) is 5.91 Å². The van der Waals surface area contributed by atoms with Crippen molar-refractivity contribution in [3.63, 3.8) is 0 Å². The molecular formula is C16H19N3O2S. The summed E-state index contributed by atoms with van der Waals surface area (Å²) in [6.07, 6.45) is 3.95. The van der Waals surface area contributed by atoms with E-state index < -0.39 is 0 Å². The van der Waals surface area contributed by atoms with Crippen LogP contribution in [0.2, 0.25) is 0 Å². The molecule has 0 aromatic carbocycles. The molecule has 0 aliphatic carbocycles. The molecule has 1 saturated heterocycles. The summed E-state index contributed by atoms with van der Waals surface area (Å²) in [6, 6.07) is 5.91. The van der Waals surface area contributed by atoms with E-state index in [1.807, 2.05) is 23.1 Å². The molecule has 1 amide bonds. The van der Waals surface area contributed by atoms with Crippen molar-refractivity contribution in [2.75, 3.05) is 13.1 Å². The number of aromatic amines is 1. The molecule has 116 valence electrons. The number of amides is 1. The smallest absolute Gasteiger partial charge is 0.342 e. The van der Waals surface area contributed by atoms with Gasteiger partial charge in [-0.3, -0.25) is 4.79 Å². The Labute approximate surface area is 133 Å². The first-order valence-corrected chi connectivity index (χ1v) is 8.32. The molecular weight excluding hydrogens is 298 g/mol. The summed E-state index contributed by atoms with van der Waals surface area (Å²) in [4.78, 5) is 34.5. The van der Waals surface area contributed by atoms with Gasteiger partial charge in [0.25, 0.3) is 0 Å². The molecule has 1 aliphatic rings. The van der Waals surface area contributed by atoms with Gasteiger partial charge in [0.15, 0.2) is 0 Å². The third-order valence-electron chi connectivity index (χ3n) is 4.03. The Morgan fingerprint density at radius 3 is 3.05 bits per heavy atom. The average Bonchev–Trinajstić information content (AvgIpc) is 2.92. The van der Waals surface area contributed by atoms with Crippen molar-refractivity contribution in [1.29, 1.82) is 0 Å². The van der Waals surface area contributed by atoms with E-state index in [0.29, 0.717) is 13.0 Å². The van der Waals surface area contributed by atoms with Gasteiger partial charge in [-0.1, -0.05) is 0 Å². The topological polar surface area (TPSA) is 66.1 Å². The summed E-state index contributed by atoms with van der Waals surface area (Å²) >= 11 is 1.68. The number of hydrogen-bond donors (Lipinski definition) is 1. The lowest BCUT2D eigenvalue weighted by atomic mass is 9.94. The molecule has 0 spiro atoms. The van der Waals surface area contributed by atoms with Crippen LogP contribution in [-0.4, -0.2) is 33.9 Å². The molecule has 22 heavy (non-hydrogen) atoms. The second kappa shape index (κ2) is 6.44. The third kappa shape index (κ3) is 3.44. The number of thiophene rings is 1. The summed E-state index contributed by atoms with van der Waals surface area (Å²) in [5.74, 6) is 0.362. The largest absolute Gasteiger partial charge is 0.345 e. The molecule has 0 bridgehead atoms. The zero-order chi connectivity index (χ0) is 15.5. The van der Waals surface area contributed by atoms with E-state index in [2.05, 4.69) is 16.9 Å². The van der Waals surface area contributed by atoms with Crippen molar-refractivity contribution < 1.29 is 4.79 Å². The molecule has 6 heteroatoms. The highest BCUT2D eigenvalue weighted by Gasteiger charge is 2.25. The van der Waals surface area contributed by atoms with E-state index >= 15 is 0 Å². The van der Waals surface area contributed by atoms with Crippen LogP contribution in [0.1, 0.15) is 34.2 Å². The summed E-state index contributed by atoms with van der Waals surface area (Å²) in [6.45, 7) is 3.52. The van der Waals surface area contributed by atoms with Gasteiger partial charge in [0.05, 0.1) is 6.42 Å². The maximum absolute atomic E-state index is 12.5. The second-order valence-electron chi connectivity index (χ2n) is 5.70.